The van der Waals surface area contributed by atoms with Gasteiger partial charge < -0.3 is 14.6 Å². The molecule has 0 aromatic carbocycles. The van der Waals surface area contributed by atoms with Gasteiger partial charge in [0.1, 0.15) is 11.9 Å². The van der Waals surface area contributed by atoms with E-state index in [0.29, 0.717) is 6.54 Å². The van der Waals surface area contributed by atoms with Crippen LogP contribution in [0.25, 0.3) is 0 Å². The summed E-state index contributed by atoms with van der Waals surface area (Å²) in [6.45, 7) is 2.61. The Bertz CT molecular complexity index is 423. The third-order valence-electron chi connectivity index (χ3n) is 2.43. The Hall–Kier alpha value is -1.98. The molecule has 2 N–H and O–H groups in total. The second kappa shape index (κ2) is 4.90. The molecular formula is C11H17N5O. The van der Waals surface area contributed by atoms with Crippen LogP contribution in [0.2, 0.25) is 0 Å². The number of guanidine groups is 2. The zero-order valence-corrected chi connectivity index (χ0v) is 10.3. The van der Waals surface area contributed by atoms with Crippen LogP contribution in [-0.4, -0.2) is 37.1 Å². The Kier molecular flexibility index (Phi) is 3.32. The van der Waals surface area contributed by atoms with Crippen LogP contribution in [0, 0.1) is 0 Å². The highest BCUT2D eigenvalue weighted by atomic mass is 16.3. The SMILES string of the molecule is CNC1=NC(C)N=C(N(C)Cc2ccco2)N1. The van der Waals surface area contributed by atoms with Crippen molar-refractivity contribution >= 4 is 11.9 Å². The Balaban J connectivity index is 2.02. The first-order chi connectivity index (χ1) is 8.19. The first-order valence-electron chi connectivity index (χ1n) is 5.53. The van der Waals surface area contributed by atoms with Crippen molar-refractivity contribution < 1.29 is 4.42 Å². The van der Waals surface area contributed by atoms with Crippen LogP contribution in [0.5, 0.6) is 0 Å². The Morgan fingerprint density at radius 3 is 3.00 bits per heavy atom. The number of hydrogen-bond donors (Lipinski definition) is 2. The number of aliphatic imine (C=N–C) groups is 2. The highest BCUT2D eigenvalue weighted by molar-refractivity contribution is 5.99. The molecule has 2 rings (SSSR count). The summed E-state index contributed by atoms with van der Waals surface area (Å²) in [5.74, 6) is 2.42. The molecule has 6 heteroatoms. The molecule has 0 radical (unpaired) electrons. The molecule has 0 amide bonds. The van der Waals surface area contributed by atoms with E-state index in [1.54, 1.807) is 6.26 Å². The normalized spacial score (nSPS) is 19.1. The summed E-state index contributed by atoms with van der Waals surface area (Å²) in [7, 11) is 3.79. The van der Waals surface area contributed by atoms with E-state index < -0.39 is 0 Å². The fourth-order valence-electron chi connectivity index (χ4n) is 1.60. The minimum Gasteiger partial charge on any atom is -0.467 e. The predicted molar refractivity (Wildman–Crippen MR) is 66.7 cm³/mol. The summed E-state index contributed by atoms with van der Waals surface area (Å²) in [6.07, 6.45) is 1.59. The summed E-state index contributed by atoms with van der Waals surface area (Å²) >= 11 is 0. The van der Waals surface area contributed by atoms with E-state index in [-0.39, 0.29) is 6.17 Å². The third-order valence-corrected chi connectivity index (χ3v) is 2.43. The molecule has 0 aliphatic carbocycles. The van der Waals surface area contributed by atoms with E-state index in [1.165, 1.54) is 0 Å². The second-order valence-corrected chi connectivity index (χ2v) is 3.87. The monoisotopic (exact) mass is 235 g/mol. The van der Waals surface area contributed by atoms with Gasteiger partial charge in [-0.15, -0.1) is 0 Å². The summed E-state index contributed by atoms with van der Waals surface area (Å²) < 4.78 is 5.30. The van der Waals surface area contributed by atoms with Gasteiger partial charge in [0, 0.05) is 14.1 Å². The van der Waals surface area contributed by atoms with Crippen LogP contribution in [0.4, 0.5) is 0 Å². The van der Waals surface area contributed by atoms with Crippen molar-refractivity contribution in [3.63, 3.8) is 0 Å². The predicted octanol–water partition coefficient (Wildman–Crippen LogP) is 0.592. The van der Waals surface area contributed by atoms with Crippen molar-refractivity contribution in [1.29, 1.82) is 0 Å². The second-order valence-electron chi connectivity index (χ2n) is 3.87. The van der Waals surface area contributed by atoms with Gasteiger partial charge in [-0.1, -0.05) is 0 Å². The zero-order chi connectivity index (χ0) is 12.3. The van der Waals surface area contributed by atoms with E-state index in [1.807, 2.05) is 38.1 Å². The van der Waals surface area contributed by atoms with Crippen molar-refractivity contribution in [3.05, 3.63) is 24.2 Å². The first-order valence-corrected chi connectivity index (χ1v) is 5.53. The smallest absolute Gasteiger partial charge is 0.203 e. The summed E-state index contributed by atoms with van der Waals surface area (Å²) in [5.41, 5.74) is 0. The highest BCUT2D eigenvalue weighted by Crippen LogP contribution is 2.06. The highest BCUT2D eigenvalue weighted by Gasteiger charge is 2.16. The number of nitrogens with zero attached hydrogens (tertiary/aromatic N) is 3. The van der Waals surface area contributed by atoms with Gasteiger partial charge >= 0.3 is 0 Å². The van der Waals surface area contributed by atoms with Crippen molar-refractivity contribution in [1.82, 2.24) is 15.5 Å². The number of rotatable bonds is 2. The standard InChI is InChI=1S/C11H17N5O/c1-8-13-10(12-2)15-11(14-8)16(3)7-9-5-4-6-17-9/h4-6,8H,7H2,1-3H3,(H2,12,13,14,15). The molecular weight excluding hydrogens is 218 g/mol. The van der Waals surface area contributed by atoms with Crippen LogP contribution in [0.3, 0.4) is 0 Å². The van der Waals surface area contributed by atoms with Gasteiger partial charge in [-0.3, -0.25) is 5.32 Å². The number of furan rings is 1. The maximum Gasteiger partial charge on any atom is 0.203 e. The van der Waals surface area contributed by atoms with Crippen molar-refractivity contribution in [2.75, 3.05) is 14.1 Å². The van der Waals surface area contributed by atoms with Gasteiger partial charge in [0.15, 0.2) is 5.96 Å². The summed E-state index contributed by atoms with van der Waals surface area (Å²) in [4.78, 5) is 10.7. The van der Waals surface area contributed by atoms with Crippen LogP contribution < -0.4 is 10.6 Å². The number of nitrogens with one attached hydrogen (secondary N) is 2. The molecule has 0 saturated carbocycles. The van der Waals surface area contributed by atoms with Crippen LogP contribution in [-0.2, 0) is 6.54 Å². The molecule has 1 unspecified atom stereocenters. The molecule has 0 bridgehead atoms. The maximum atomic E-state index is 5.30. The summed E-state index contributed by atoms with van der Waals surface area (Å²) in [6, 6.07) is 3.82. The lowest BCUT2D eigenvalue weighted by Gasteiger charge is -2.25. The average molecular weight is 235 g/mol. The molecule has 1 aromatic heterocycles. The van der Waals surface area contributed by atoms with Crippen LogP contribution >= 0.6 is 0 Å². The molecule has 17 heavy (non-hydrogen) atoms. The molecule has 1 aliphatic rings. The fraction of sp³-hybridized carbons (Fsp3) is 0.455. The molecule has 6 nitrogen and oxygen atoms in total. The molecule has 0 fully saturated rings. The van der Waals surface area contributed by atoms with E-state index in [0.717, 1.165) is 17.7 Å². The molecule has 2 heterocycles. The van der Waals surface area contributed by atoms with Gasteiger partial charge in [0.05, 0.1) is 12.8 Å². The largest absolute Gasteiger partial charge is 0.467 e. The van der Waals surface area contributed by atoms with Crippen LogP contribution in [0.15, 0.2) is 32.8 Å². The quantitative estimate of drug-likeness (QED) is 0.787. The number of hydrogen-bond acceptors (Lipinski definition) is 6. The average Bonchev–Trinajstić information content (AvgIpc) is 2.81. The minimum absolute atomic E-state index is 0.0762. The lowest BCUT2D eigenvalue weighted by atomic mass is 10.4. The van der Waals surface area contributed by atoms with Crippen LogP contribution in [0.1, 0.15) is 12.7 Å². The molecule has 0 spiro atoms. The first kappa shape index (κ1) is 11.5. The minimum atomic E-state index is -0.0762. The van der Waals surface area contributed by atoms with E-state index in [9.17, 15) is 0 Å². The topological polar surface area (TPSA) is 65.2 Å². The molecule has 1 aromatic rings. The van der Waals surface area contributed by atoms with E-state index in [2.05, 4.69) is 20.6 Å². The van der Waals surface area contributed by atoms with Gasteiger partial charge in [0.2, 0.25) is 5.96 Å². The Labute approximate surface area is 100 Å². The molecule has 1 aliphatic heterocycles. The van der Waals surface area contributed by atoms with Crippen molar-refractivity contribution in [3.8, 4) is 0 Å². The van der Waals surface area contributed by atoms with E-state index in [4.69, 9.17) is 4.42 Å². The van der Waals surface area contributed by atoms with Gasteiger partial charge in [0.25, 0.3) is 0 Å². The fourth-order valence-corrected chi connectivity index (χ4v) is 1.60. The lowest BCUT2D eigenvalue weighted by molar-refractivity contribution is 0.401. The Morgan fingerprint density at radius 2 is 2.35 bits per heavy atom. The Morgan fingerprint density at radius 1 is 1.53 bits per heavy atom. The lowest BCUT2D eigenvalue weighted by Crippen LogP contribution is -2.49. The summed E-state index contributed by atoms with van der Waals surface area (Å²) in [5, 5.41) is 6.10. The molecule has 1 atom stereocenters. The molecule has 92 valence electrons. The van der Waals surface area contributed by atoms with Gasteiger partial charge in [-0.05, 0) is 19.1 Å². The van der Waals surface area contributed by atoms with Gasteiger partial charge in [-0.25, -0.2) is 9.98 Å². The third kappa shape index (κ3) is 2.77. The van der Waals surface area contributed by atoms with Crippen molar-refractivity contribution in [2.45, 2.75) is 19.6 Å². The maximum absolute atomic E-state index is 5.30. The molecule has 0 saturated heterocycles. The van der Waals surface area contributed by atoms with Gasteiger partial charge in [-0.2, -0.15) is 0 Å². The zero-order valence-electron chi connectivity index (χ0n) is 10.3. The van der Waals surface area contributed by atoms with Crippen molar-refractivity contribution in [2.24, 2.45) is 9.98 Å². The van der Waals surface area contributed by atoms with E-state index >= 15 is 0 Å².